The van der Waals surface area contributed by atoms with Crippen molar-refractivity contribution in [1.82, 2.24) is 0 Å². The third-order valence-corrected chi connectivity index (χ3v) is 12.2. The number of Topliss-reactive ketones (excluding diaryl/α,β-unsaturated/α-hetero) is 1. The zero-order chi connectivity index (χ0) is 46.6. The molecule has 1 aliphatic rings. The summed E-state index contributed by atoms with van der Waals surface area (Å²) in [6.45, 7) is 3.79. The van der Waals surface area contributed by atoms with E-state index in [0.29, 0.717) is 43.1 Å². The lowest BCUT2D eigenvalue weighted by molar-refractivity contribution is -0.870. The second-order valence-corrected chi connectivity index (χ2v) is 19.7. The Hall–Kier alpha value is -2.44. The maximum absolute atomic E-state index is 12.8. The summed E-state index contributed by atoms with van der Waals surface area (Å²) in [5, 5.41) is 20.7. The van der Waals surface area contributed by atoms with Gasteiger partial charge in [-0.15, -0.1) is 0 Å². The van der Waals surface area contributed by atoms with E-state index in [1.807, 2.05) is 33.3 Å². The zero-order valence-electron chi connectivity index (χ0n) is 40.0. The summed E-state index contributed by atoms with van der Waals surface area (Å²) in [4.78, 5) is 50.4. The molecule has 364 valence electrons. The predicted molar refractivity (Wildman–Crippen MR) is 251 cm³/mol. The van der Waals surface area contributed by atoms with E-state index in [1.165, 1.54) is 57.8 Å². The van der Waals surface area contributed by atoms with Gasteiger partial charge >= 0.3 is 11.9 Å². The smallest absolute Gasteiger partial charge is 0.306 e. The summed E-state index contributed by atoms with van der Waals surface area (Å²) in [6.07, 6.45) is 36.4. The number of esters is 2. The van der Waals surface area contributed by atoms with Gasteiger partial charge in [-0.25, -0.2) is 0 Å². The Balaban J connectivity index is 2.44. The van der Waals surface area contributed by atoms with Crippen molar-refractivity contribution in [1.29, 1.82) is 0 Å². The average molecular weight is 910 g/mol. The van der Waals surface area contributed by atoms with Crippen molar-refractivity contribution in [3.63, 3.8) is 0 Å². The molecule has 13 heteroatoms. The van der Waals surface area contributed by atoms with Crippen LogP contribution in [0.1, 0.15) is 174 Å². The quantitative estimate of drug-likeness (QED) is 0.0197. The van der Waals surface area contributed by atoms with Gasteiger partial charge in [-0.3, -0.25) is 18.9 Å². The van der Waals surface area contributed by atoms with E-state index in [2.05, 4.69) is 38.2 Å². The van der Waals surface area contributed by atoms with E-state index in [-0.39, 0.29) is 50.1 Å². The number of aliphatic hydroxyl groups excluding tert-OH is 2. The number of hydrogen-bond donors (Lipinski definition) is 2. The minimum Gasteiger partial charge on any atom is -0.756 e. The van der Waals surface area contributed by atoms with Gasteiger partial charge in [-0.2, -0.15) is 0 Å². The first-order chi connectivity index (χ1) is 30.2. The monoisotopic (exact) mass is 910 g/mol. The van der Waals surface area contributed by atoms with Gasteiger partial charge in [-0.05, 0) is 64.2 Å². The Morgan fingerprint density at radius 1 is 0.762 bits per heavy atom. The van der Waals surface area contributed by atoms with Crippen molar-refractivity contribution < 1.29 is 57.1 Å². The first kappa shape index (κ1) is 58.6. The Morgan fingerprint density at radius 2 is 1.33 bits per heavy atom. The number of likely N-dealkylation sites (N-methyl/N-ethyl adjacent to an activating group) is 1. The number of unbranched alkanes of at least 4 members (excludes halogenated alkanes) is 15. The molecule has 1 unspecified atom stereocenters. The number of hydrogen-bond acceptors (Lipinski definition) is 11. The Kier molecular flexibility index (Phi) is 34.2. The number of phosphoric acid groups is 1. The van der Waals surface area contributed by atoms with Crippen LogP contribution in [-0.4, -0.2) is 98.2 Å². The number of nitrogens with zero attached hydrogens (tertiary/aromatic N) is 1. The van der Waals surface area contributed by atoms with E-state index in [0.717, 1.165) is 51.4 Å². The second kappa shape index (κ2) is 36.7. The number of phosphoric ester groups is 1. The molecule has 0 saturated heterocycles. The first-order valence-corrected chi connectivity index (χ1v) is 25.9. The van der Waals surface area contributed by atoms with Crippen molar-refractivity contribution in [3.8, 4) is 0 Å². The summed E-state index contributed by atoms with van der Waals surface area (Å²) in [6, 6.07) is 0. The SMILES string of the molecule is CCCCC/C=C\C/C=C\CCCCCCCCCCCC(=O)O[C@H](COC(=O)CCC/C=C\C[C@H]1C(=O)C[C@@H](O)[C@@H]1/C=C/[C@@H](O)CCCCC)COP(=O)([O-])OCC[N+](C)(C)C. The normalized spacial score (nSPS) is 19.2. The highest BCUT2D eigenvalue weighted by Gasteiger charge is 2.39. The summed E-state index contributed by atoms with van der Waals surface area (Å²) in [5.74, 6) is -1.76. The Bertz CT molecular complexity index is 1370. The van der Waals surface area contributed by atoms with Crippen LogP contribution in [0.3, 0.4) is 0 Å². The van der Waals surface area contributed by atoms with Crippen LogP contribution in [-0.2, 0) is 37.5 Å². The predicted octanol–water partition coefficient (Wildman–Crippen LogP) is 10.2. The van der Waals surface area contributed by atoms with Gasteiger partial charge in [-0.1, -0.05) is 140 Å². The second-order valence-electron chi connectivity index (χ2n) is 18.2. The van der Waals surface area contributed by atoms with E-state index >= 15 is 0 Å². The summed E-state index contributed by atoms with van der Waals surface area (Å²) in [7, 11) is 1.01. The lowest BCUT2D eigenvalue weighted by Gasteiger charge is -2.28. The molecule has 12 nitrogen and oxygen atoms in total. The van der Waals surface area contributed by atoms with E-state index in [1.54, 1.807) is 12.2 Å². The molecule has 0 bridgehead atoms. The number of carbonyl (C=O) groups excluding carboxylic acids is 3. The van der Waals surface area contributed by atoms with Crippen molar-refractivity contribution in [2.75, 3.05) is 47.5 Å². The molecule has 2 N–H and O–H groups in total. The maximum atomic E-state index is 12.8. The molecule has 1 rings (SSSR count). The van der Waals surface area contributed by atoms with Crippen LogP contribution >= 0.6 is 7.82 Å². The molecule has 0 aromatic rings. The molecule has 6 atom stereocenters. The van der Waals surface area contributed by atoms with Gasteiger partial charge in [0, 0.05) is 31.1 Å². The summed E-state index contributed by atoms with van der Waals surface area (Å²) in [5.41, 5.74) is 0. The first-order valence-electron chi connectivity index (χ1n) is 24.4. The number of ketones is 1. The largest absolute Gasteiger partial charge is 0.756 e. The molecular formula is C50H88NO11P. The van der Waals surface area contributed by atoms with Gasteiger partial charge in [0.1, 0.15) is 25.5 Å². The number of carbonyl (C=O) groups is 3. The Morgan fingerprint density at radius 3 is 1.98 bits per heavy atom. The molecule has 0 spiro atoms. The molecular weight excluding hydrogens is 822 g/mol. The lowest BCUT2D eigenvalue weighted by atomic mass is 9.90. The summed E-state index contributed by atoms with van der Waals surface area (Å²) >= 11 is 0. The van der Waals surface area contributed by atoms with Crippen molar-refractivity contribution in [2.24, 2.45) is 11.8 Å². The van der Waals surface area contributed by atoms with Crippen LogP contribution in [0.15, 0.2) is 48.6 Å². The highest BCUT2D eigenvalue weighted by molar-refractivity contribution is 7.45. The fourth-order valence-electron chi connectivity index (χ4n) is 7.25. The van der Waals surface area contributed by atoms with Crippen molar-refractivity contribution in [3.05, 3.63) is 48.6 Å². The molecule has 1 aliphatic carbocycles. The standard InChI is InChI=1S/C50H88NO11P/c1-6-8-10-11-12-13-14-15-16-17-18-19-20-21-22-23-24-25-31-35-50(56)62-44(42-61-63(57,58)60-39-38-51(3,4)5)41-59-49(55)34-30-27-26-29-33-45-46(48(54)40-47(45)53)37-36-43(52)32-28-9-7-2/h12-13,15-16,26,29,36-37,43-46,48,52,54H,6-11,14,17-25,27-28,30-35,38-42H2,1-5H3/b13-12-,16-15-,29-26-,37-36+/t43-,44+,45+,46+,48+/m0/s1. The molecule has 0 aliphatic heterocycles. The van der Waals surface area contributed by atoms with Gasteiger partial charge in [0.05, 0.1) is 40.0 Å². The molecule has 0 aromatic heterocycles. The lowest BCUT2D eigenvalue weighted by Crippen LogP contribution is -2.37. The van der Waals surface area contributed by atoms with Crippen LogP contribution in [0.4, 0.5) is 0 Å². The number of allylic oxidation sites excluding steroid dienone is 6. The van der Waals surface area contributed by atoms with Crippen molar-refractivity contribution in [2.45, 2.75) is 193 Å². The van der Waals surface area contributed by atoms with Gasteiger partial charge in [0.25, 0.3) is 7.82 Å². The van der Waals surface area contributed by atoms with E-state index < -0.39 is 44.7 Å². The molecule has 0 heterocycles. The average Bonchev–Trinajstić information content (AvgIpc) is 3.50. The number of ether oxygens (including phenoxy) is 2. The Labute approximate surface area is 382 Å². The minimum atomic E-state index is -4.70. The summed E-state index contributed by atoms with van der Waals surface area (Å²) < 4.78 is 33.9. The van der Waals surface area contributed by atoms with Crippen LogP contribution in [0.5, 0.6) is 0 Å². The number of quaternary nitrogens is 1. The molecule has 0 radical (unpaired) electrons. The van der Waals surface area contributed by atoms with Crippen LogP contribution < -0.4 is 4.89 Å². The minimum absolute atomic E-state index is 0.00284. The van der Waals surface area contributed by atoms with Crippen LogP contribution in [0.2, 0.25) is 0 Å². The third kappa shape index (κ3) is 33.7. The molecule has 1 saturated carbocycles. The molecule has 63 heavy (non-hydrogen) atoms. The van der Waals surface area contributed by atoms with Crippen LogP contribution in [0, 0.1) is 11.8 Å². The van der Waals surface area contributed by atoms with E-state index in [9.17, 15) is 34.1 Å². The van der Waals surface area contributed by atoms with Crippen molar-refractivity contribution >= 4 is 25.5 Å². The molecule has 1 fully saturated rings. The highest BCUT2D eigenvalue weighted by atomic mass is 31.2. The molecule has 0 amide bonds. The van der Waals surface area contributed by atoms with Crippen LogP contribution in [0.25, 0.3) is 0 Å². The third-order valence-electron chi connectivity index (χ3n) is 11.2. The molecule has 0 aromatic carbocycles. The van der Waals surface area contributed by atoms with Gasteiger partial charge in [0.2, 0.25) is 0 Å². The zero-order valence-corrected chi connectivity index (χ0v) is 40.9. The fraction of sp³-hybridized carbons (Fsp3) is 0.780. The highest BCUT2D eigenvalue weighted by Crippen LogP contribution is 2.38. The maximum Gasteiger partial charge on any atom is 0.306 e. The topological polar surface area (TPSA) is 169 Å². The number of aliphatic hydroxyl groups is 2. The number of rotatable bonds is 40. The van der Waals surface area contributed by atoms with Gasteiger partial charge in [0.15, 0.2) is 6.10 Å². The van der Waals surface area contributed by atoms with E-state index in [4.69, 9.17) is 18.5 Å². The van der Waals surface area contributed by atoms with Gasteiger partial charge < -0.3 is 38.1 Å². The fourth-order valence-corrected chi connectivity index (χ4v) is 7.98.